The van der Waals surface area contributed by atoms with Gasteiger partial charge in [-0.25, -0.2) is 0 Å². The molecule has 2 rings (SSSR count). The predicted octanol–water partition coefficient (Wildman–Crippen LogP) is 2.01. The van der Waals surface area contributed by atoms with E-state index in [9.17, 15) is 4.79 Å². The van der Waals surface area contributed by atoms with Gasteiger partial charge in [-0.3, -0.25) is 4.79 Å². The molecule has 1 aliphatic rings. The first-order valence-electron chi connectivity index (χ1n) is 6.56. The third-order valence-corrected chi connectivity index (χ3v) is 4.32. The lowest BCUT2D eigenvalue weighted by Gasteiger charge is -2.32. The smallest absolute Gasteiger partial charge is 0.253 e. The van der Waals surface area contributed by atoms with Gasteiger partial charge in [0.2, 0.25) is 0 Å². The Labute approximate surface area is 122 Å². The summed E-state index contributed by atoms with van der Waals surface area (Å²) in [6.45, 7) is 1.23. The molecule has 1 saturated heterocycles. The lowest BCUT2D eigenvalue weighted by atomic mass is 9.96. The van der Waals surface area contributed by atoms with Crippen molar-refractivity contribution in [2.45, 2.75) is 17.7 Å². The summed E-state index contributed by atoms with van der Waals surface area (Å²) >= 11 is 1.65. The first kappa shape index (κ1) is 14.7. The van der Waals surface area contributed by atoms with Gasteiger partial charge in [0.05, 0.1) is 0 Å². The number of benzene rings is 1. The van der Waals surface area contributed by atoms with Crippen LogP contribution in [0.15, 0.2) is 34.3 Å². The van der Waals surface area contributed by atoms with E-state index in [1.807, 2.05) is 30.5 Å². The number of nitrogens with zero attached hydrogens (tertiary/aromatic N) is 2. The maximum absolute atomic E-state index is 12.4. The largest absolute Gasteiger partial charge is 0.409 e. The summed E-state index contributed by atoms with van der Waals surface area (Å²) in [4.78, 5) is 15.3. The van der Waals surface area contributed by atoms with Crippen LogP contribution in [-0.2, 0) is 0 Å². The zero-order valence-electron chi connectivity index (χ0n) is 11.5. The first-order chi connectivity index (χ1) is 9.65. The Hall–Kier alpha value is -1.69. The van der Waals surface area contributed by atoms with Crippen molar-refractivity contribution in [2.24, 2.45) is 16.8 Å². The number of oxime groups is 1. The van der Waals surface area contributed by atoms with Gasteiger partial charge >= 0.3 is 0 Å². The van der Waals surface area contributed by atoms with Gasteiger partial charge in [-0.05, 0) is 43.4 Å². The second-order valence-electron chi connectivity index (χ2n) is 4.84. The van der Waals surface area contributed by atoms with Crippen LogP contribution in [0, 0.1) is 5.92 Å². The molecule has 1 amide bonds. The van der Waals surface area contributed by atoms with Gasteiger partial charge in [0, 0.05) is 29.5 Å². The maximum Gasteiger partial charge on any atom is 0.253 e. The third kappa shape index (κ3) is 3.25. The Morgan fingerprint density at radius 3 is 2.75 bits per heavy atom. The summed E-state index contributed by atoms with van der Waals surface area (Å²) < 4.78 is 0. The SMILES string of the molecule is CSc1ccc(C(=O)N2CCCC(C(N)=NO)C2)cc1. The Morgan fingerprint density at radius 1 is 1.45 bits per heavy atom. The summed E-state index contributed by atoms with van der Waals surface area (Å²) in [5, 5.41) is 11.8. The van der Waals surface area contributed by atoms with Crippen LogP contribution in [0.2, 0.25) is 0 Å². The molecule has 1 aromatic rings. The minimum atomic E-state index is -0.0526. The van der Waals surface area contributed by atoms with E-state index in [2.05, 4.69) is 5.16 Å². The summed E-state index contributed by atoms with van der Waals surface area (Å²) in [5.41, 5.74) is 6.33. The zero-order chi connectivity index (χ0) is 14.5. The number of nitrogens with two attached hydrogens (primary N) is 1. The minimum Gasteiger partial charge on any atom is -0.409 e. The van der Waals surface area contributed by atoms with Gasteiger partial charge in [-0.15, -0.1) is 11.8 Å². The van der Waals surface area contributed by atoms with Gasteiger partial charge < -0.3 is 15.8 Å². The van der Waals surface area contributed by atoms with Crippen molar-refractivity contribution < 1.29 is 10.0 Å². The van der Waals surface area contributed by atoms with Crippen molar-refractivity contribution in [1.29, 1.82) is 0 Å². The second-order valence-corrected chi connectivity index (χ2v) is 5.72. The number of hydrogen-bond acceptors (Lipinski definition) is 4. The third-order valence-electron chi connectivity index (χ3n) is 3.58. The van der Waals surface area contributed by atoms with Crippen LogP contribution >= 0.6 is 11.8 Å². The molecule has 0 aliphatic carbocycles. The van der Waals surface area contributed by atoms with Gasteiger partial charge in [-0.2, -0.15) is 0 Å². The fraction of sp³-hybridized carbons (Fsp3) is 0.429. The van der Waals surface area contributed by atoms with Crippen LogP contribution in [0.1, 0.15) is 23.2 Å². The molecule has 0 saturated carbocycles. The Bertz CT molecular complexity index is 502. The van der Waals surface area contributed by atoms with Crippen molar-refractivity contribution in [1.82, 2.24) is 4.90 Å². The second kappa shape index (κ2) is 6.65. The van der Waals surface area contributed by atoms with Crippen LogP contribution < -0.4 is 5.73 Å². The van der Waals surface area contributed by atoms with E-state index >= 15 is 0 Å². The molecule has 0 aromatic heterocycles. The molecule has 3 N–H and O–H groups in total. The van der Waals surface area contributed by atoms with Gasteiger partial charge in [-0.1, -0.05) is 5.16 Å². The van der Waals surface area contributed by atoms with Crippen LogP contribution in [0.25, 0.3) is 0 Å². The van der Waals surface area contributed by atoms with Gasteiger partial charge in [0.1, 0.15) is 5.84 Å². The topological polar surface area (TPSA) is 78.9 Å². The van der Waals surface area contributed by atoms with E-state index in [4.69, 9.17) is 10.9 Å². The van der Waals surface area contributed by atoms with E-state index in [1.54, 1.807) is 16.7 Å². The summed E-state index contributed by atoms with van der Waals surface area (Å²) in [6, 6.07) is 7.59. The molecule has 5 nitrogen and oxygen atoms in total. The average Bonchev–Trinajstić information content (AvgIpc) is 2.53. The van der Waals surface area contributed by atoms with Crippen LogP contribution in [-0.4, -0.2) is 41.2 Å². The number of thioether (sulfide) groups is 1. The number of carbonyl (C=O) groups is 1. The van der Waals surface area contributed by atoms with Crippen molar-refractivity contribution >= 4 is 23.5 Å². The molecule has 1 aliphatic heterocycles. The van der Waals surface area contributed by atoms with E-state index in [1.165, 1.54) is 0 Å². The highest BCUT2D eigenvalue weighted by Gasteiger charge is 2.26. The van der Waals surface area contributed by atoms with Crippen molar-refractivity contribution in [3.8, 4) is 0 Å². The van der Waals surface area contributed by atoms with E-state index < -0.39 is 0 Å². The summed E-state index contributed by atoms with van der Waals surface area (Å²) in [7, 11) is 0. The number of amides is 1. The quantitative estimate of drug-likeness (QED) is 0.294. The molecule has 6 heteroatoms. The van der Waals surface area contributed by atoms with Crippen molar-refractivity contribution in [2.75, 3.05) is 19.3 Å². The van der Waals surface area contributed by atoms with Crippen LogP contribution in [0.4, 0.5) is 0 Å². The average molecular weight is 293 g/mol. The number of rotatable bonds is 3. The zero-order valence-corrected chi connectivity index (χ0v) is 12.3. The lowest BCUT2D eigenvalue weighted by molar-refractivity contribution is 0.0701. The van der Waals surface area contributed by atoms with Crippen LogP contribution in [0.5, 0.6) is 0 Å². The van der Waals surface area contributed by atoms with Gasteiger partial charge in [0.15, 0.2) is 0 Å². The number of likely N-dealkylation sites (tertiary alicyclic amines) is 1. The molecule has 0 bridgehead atoms. The normalized spacial score (nSPS) is 19.9. The fourth-order valence-electron chi connectivity index (χ4n) is 2.40. The van der Waals surface area contributed by atoms with Gasteiger partial charge in [0.25, 0.3) is 5.91 Å². The predicted molar refractivity (Wildman–Crippen MR) is 80.3 cm³/mol. The molecule has 0 radical (unpaired) electrons. The Balaban J connectivity index is 2.07. The highest BCUT2D eigenvalue weighted by Crippen LogP contribution is 2.20. The molecule has 1 atom stereocenters. The van der Waals surface area contributed by atoms with Crippen molar-refractivity contribution in [3.05, 3.63) is 29.8 Å². The summed E-state index contributed by atoms with van der Waals surface area (Å²) in [5.74, 6) is 0.163. The van der Waals surface area contributed by atoms with E-state index in [0.717, 1.165) is 24.3 Å². The molecule has 20 heavy (non-hydrogen) atoms. The van der Waals surface area contributed by atoms with Crippen molar-refractivity contribution in [3.63, 3.8) is 0 Å². The molecule has 1 heterocycles. The number of carbonyl (C=O) groups excluding carboxylic acids is 1. The molecular formula is C14H19N3O2S. The molecule has 1 unspecified atom stereocenters. The highest BCUT2D eigenvalue weighted by molar-refractivity contribution is 7.98. The molecule has 1 aromatic carbocycles. The number of amidine groups is 1. The van der Waals surface area contributed by atoms with Crippen LogP contribution in [0.3, 0.4) is 0 Å². The highest BCUT2D eigenvalue weighted by atomic mass is 32.2. The Kier molecular flexibility index (Phi) is 4.89. The summed E-state index contributed by atoms with van der Waals surface area (Å²) in [6.07, 6.45) is 3.73. The number of piperidine rings is 1. The molecule has 0 spiro atoms. The Morgan fingerprint density at radius 2 is 2.15 bits per heavy atom. The molecule has 1 fully saturated rings. The maximum atomic E-state index is 12.4. The fourth-order valence-corrected chi connectivity index (χ4v) is 2.81. The molecular weight excluding hydrogens is 274 g/mol. The van der Waals surface area contributed by atoms with E-state index in [0.29, 0.717) is 12.1 Å². The minimum absolute atomic E-state index is 0.00749. The lowest BCUT2D eigenvalue weighted by Crippen LogP contribution is -2.44. The monoisotopic (exact) mass is 293 g/mol. The standard InChI is InChI=1S/C14H19N3O2S/c1-20-12-6-4-10(5-7-12)14(18)17-8-2-3-11(9-17)13(15)16-19/h4-7,11,19H,2-3,8-9H2,1H3,(H2,15,16). The van der Waals surface area contributed by atoms with E-state index in [-0.39, 0.29) is 17.7 Å². The number of hydrogen-bond donors (Lipinski definition) is 2. The molecule has 108 valence electrons. The first-order valence-corrected chi connectivity index (χ1v) is 7.79.